The average Bonchev–Trinajstić information content (AvgIpc) is 3.81. The van der Waals surface area contributed by atoms with Crippen molar-refractivity contribution in [1.29, 1.82) is 0 Å². The van der Waals surface area contributed by atoms with E-state index >= 15 is 0 Å². The lowest BCUT2D eigenvalue weighted by Gasteiger charge is -2.29. The molecule has 3 heteroatoms. The maximum absolute atomic E-state index is 6.31. The third kappa shape index (κ3) is 5.12. The van der Waals surface area contributed by atoms with Crippen LogP contribution in [0.4, 0.5) is 17.1 Å². The summed E-state index contributed by atoms with van der Waals surface area (Å²) in [5, 5.41) is 2.43. The smallest absolute Gasteiger partial charge is 0.128 e. The number of fused-ring (bicyclic) bond motifs is 8. The maximum atomic E-state index is 6.31. The first-order chi connectivity index (χ1) is 27.3. The van der Waals surface area contributed by atoms with Crippen LogP contribution in [0.15, 0.2) is 200 Å². The van der Waals surface area contributed by atoms with Crippen molar-refractivity contribution in [3.8, 4) is 33.7 Å². The molecule has 0 fully saturated rings. The van der Waals surface area contributed by atoms with E-state index in [9.17, 15) is 0 Å². The number of benzene rings is 8. The molecule has 2 unspecified atom stereocenters. The second-order valence-electron chi connectivity index (χ2n) is 14.4. The monoisotopic (exact) mass is 704 g/mol. The maximum Gasteiger partial charge on any atom is 0.128 e. The summed E-state index contributed by atoms with van der Waals surface area (Å²) in [7, 11) is 0. The van der Waals surface area contributed by atoms with Crippen LogP contribution >= 0.6 is 0 Å². The predicted molar refractivity (Wildman–Crippen MR) is 228 cm³/mol. The predicted octanol–water partition coefficient (Wildman–Crippen LogP) is 13.5. The third-order valence-electron chi connectivity index (χ3n) is 11.4. The molecule has 0 spiro atoms. The lowest BCUT2D eigenvalue weighted by molar-refractivity contribution is 0.267. The van der Waals surface area contributed by atoms with Crippen LogP contribution in [0.25, 0.3) is 55.8 Å². The van der Waals surface area contributed by atoms with Crippen molar-refractivity contribution in [1.82, 2.24) is 4.57 Å². The van der Waals surface area contributed by atoms with Gasteiger partial charge in [-0.2, -0.15) is 0 Å². The molecule has 3 nitrogen and oxygen atoms in total. The molecular weight excluding hydrogens is 669 g/mol. The highest BCUT2D eigenvalue weighted by atomic mass is 16.5. The Morgan fingerprint density at radius 2 is 1.18 bits per heavy atom. The first-order valence-corrected chi connectivity index (χ1v) is 19.0. The van der Waals surface area contributed by atoms with Crippen LogP contribution in [0, 0.1) is 0 Å². The minimum absolute atomic E-state index is 0.0472. The van der Waals surface area contributed by atoms with Crippen LogP contribution in [0.1, 0.15) is 22.6 Å². The van der Waals surface area contributed by atoms with Gasteiger partial charge in [0.15, 0.2) is 0 Å². The minimum atomic E-state index is 0.0472. The lowest BCUT2D eigenvalue weighted by atomic mass is 9.81. The Balaban J connectivity index is 1.07. The summed E-state index contributed by atoms with van der Waals surface area (Å²) >= 11 is 0. The van der Waals surface area contributed by atoms with Crippen molar-refractivity contribution in [2.45, 2.75) is 12.0 Å². The summed E-state index contributed by atoms with van der Waals surface area (Å²) in [6, 6.07) is 70.1. The molecule has 2 heterocycles. The van der Waals surface area contributed by atoms with Crippen LogP contribution < -0.4 is 9.64 Å². The molecule has 0 N–H and O–H groups in total. The molecule has 9 aromatic rings. The molecular formula is C52H36N2O. The van der Waals surface area contributed by atoms with Gasteiger partial charge in [0, 0.05) is 33.3 Å². The fraction of sp³-hybridized carbons (Fsp3) is 0.0385. The van der Waals surface area contributed by atoms with E-state index in [-0.39, 0.29) is 12.0 Å². The van der Waals surface area contributed by atoms with E-state index in [2.05, 4.69) is 216 Å². The van der Waals surface area contributed by atoms with Gasteiger partial charge in [0.1, 0.15) is 11.9 Å². The van der Waals surface area contributed by atoms with E-state index in [1.54, 1.807) is 0 Å². The Labute approximate surface area is 320 Å². The van der Waals surface area contributed by atoms with Gasteiger partial charge in [0.05, 0.1) is 28.3 Å². The van der Waals surface area contributed by atoms with Gasteiger partial charge in [-0.25, -0.2) is 0 Å². The number of nitrogens with zero attached hydrogens (tertiary/aromatic N) is 2. The van der Waals surface area contributed by atoms with Gasteiger partial charge < -0.3 is 14.2 Å². The van der Waals surface area contributed by atoms with Gasteiger partial charge in [0.2, 0.25) is 0 Å². The van der Waals surface area contributed by atoms with Crippen LogP contribution in [-0.4, -0.2) is 10.7 Å². The Morgan fingerprint density at radius 1 is 0.491 bits per heavy atom. The Morgan fingerprint density at radius 3 is 2.05 bits per heavy atom. The van der Waals surface area contributed by atoms with Gasteiger partial charge >= 0.3 is 0 Å². The summed E-state index contributed by atoms with van der Waals surface area (Å²) in [5.74, 6) is 1.22. The van der Waals surface area contributed by atoms with E-state index < -0.39 is 0 Å². The van der Waals surface area contributed by atoms with E-state index in [1.165, 1.54) is 60.8 Å². The molecule has 1 aromatic heterocycles. The number of hydrogen-bond acceptors (Lipinski definition) is 2. The zero-order valence-corrected chi connectivity index (χ0v) is 30.1. The Hall–Kier alpha value is -7.10. The van der Waals surface area contributed by atoms with Crippen LogP contribution in [0.3, 0.4) is 0 Å². The van der Waals surface area contributed by atoms with Gasteiger partial charge in [-0.1, -0.05) is 140 Å². The van der Waals surface area contributed by atoms with Gasteiger partial charge in [-0.05, 0) is 94.6 Å². The summed E-state index contributed by atoms with van der Waals surface area (Å²) in [5.41, 5.74) is 15.4. The summed E-state index contributed by atoms with van der Waals surface area (Å²) in [6.07, 6.45) is 4.50. The van der Waals surface area contributed by atoms with E-state index in [1.807, 2.05) is 0 Å². The number of aromatic nitrogens is 1. The standard InChI is InChI=1S/C52H36N2O/c1-3-14-36(15-4-1)41-18-7-10-21-45(41)54(48-24-13-23-47-52(48)43-19-8-11-22-46(43)53(47)39-16-5-2-6-17-39)40-30-26-35(27-31-40)37-28-32-42-38(34-37)29-33-50-51(42)44-20-9-12-25-49(44)55-50/h1-34,50-51H. The zero-order chi connectivity index (χ0) is 36.3. The van der Waals surface area contributed by atoms with Gasteiger partial charge in [-0.3, -0.25) is 0 Å². The molecule has 0 saturated heterocycles. The number of anilines is 3. The number of para-hydroxylation sites is 4. The molecule has 55 heavy (non-hydrogen) atoms. The van der Waals surface area contributed by atoms with Crippen molar-refractivity contribution in [2.24, 2.45) is 0 Å². The number of hydrogen-bond donors (Lipinski definition) is 0. The van der Waals surface area contributed by atoms with Gasteiger partial charge in [-0.15, -0.1) is 0 Å². The van der Waals surface area contributed by atoms with E-state index in [0.717, 1.165) is 28.5 Å². The fourth-order valence-electron chi connectivity index (χ4n) is 8.89. The molecule has 2 atom stereocenters. The second kappa shape index (κ2) is 12.8. The van der Waals surface area contributed by atoms with Crippen molar-refractivity contribution in [2.75, 3.05) is 4.90 Å². The third-order valence-corrected chi connectivity index (χ3v) is 11.4. The highest BCUT2D eigenvalue weighted by Gasteiger charge is 2.36. The molecule has 0 radical (unpaired) electrons. The molecule has 2 aliphatic rings. The average molecular weight is 705 g/mol. The molecule has 260 valence electrons. The van der Waals surface area contributed by atoms with Crippen LogP contribution in [-0.2, 0) is 0 Å². The van der Waals surface area contributed by atoms with Crippen molar-refractivity contribution in [3.05, 3.63) is 217 Å². The normalized spacial score (nSPS) is 15.3. The van der Waals surface area contributed by atoms with E-state index in [4.69, 9.17) is 4.74 Å². The van der Waals surface area contributed by atoms with Crippen LogP contribution in [0.2, 0.25) is 0 Å². The Bertz CT molecular complexity index is 2910. The highest BCUT2D eigenvalue weighted by Crippen LogP contribution is 2.48. The second-order valence-corrected chi connectivity index (χ2v) is 14.4. The number of rotatable bonds is 6. The molecule has 11 rings (SSSR count). The minimum Gasteiger partial charge on any atom is -0.485 e. The first kappa shape index (κ1) is 31.4. The van der Waals surface area contributed by atoms with Gasteiger partial charge in [0.25, 0.3) is 0 Å². The van der Waals surface area contributed by atoms with Crippen LogP contribution in [0.5, 0.6) is 5.75 Å². The Kier molecular flexibility index (Phi) is 7.31. The molecule has 1 aliphatic heterocycles. The van der Waals surface area contributed by atoms with E-state index in [0.29, 0.717) is 0 Å². The molecule has 0 saturated carbocycles. The quantitative estimate of drug-likeness (QED) is 0.171. The zero-order valence-electron chi connectivity index (χ0n) is 30.1. The lowest BCUT2D eigenvalue weighted by Crippen LogP contribution is -2.20. The topological polar surface area (TPSA) is 17.4 Å². The molecule has 0 amide bonds. The number of ether oxygens (including phenoxy) is 1. The highest BCUT2D eigenvalue weighted by molar-refractivity contribution is 6.17. The summed E-state index contributed by atoms with van der Waals surface area (Å²) < 4.78 is 8.70. The SMILES string of the molecule is C1=CC2Oc3ccccc3C2c2ccc(-c3ccc(N(c4ccccc4-c4ccccc4)c4cccc5c4c4ccccc4n5-c4ccccc4)cc3)cc21. The fourth-order valence-corrected chi connectivity index (χ4v) is 8.89. The molecule has 0 bridgehead atoms. The van der Waals surface area contributed by atoms with Crippen molar-refractivity contribution < 1.29 is 4.74 Å². The summed E-state index contributed by atoms with van der Waals surface area (Å²) in [6.45, 7) is 0. The van der Waals surface area contributed by atoms with Crippen molar-refractivity contribution >= 4 is 44.9 Å². The van der Waals surface area contributed by atoms with Crippen molar-refractivity contribution in [3.63, 3.8) is 0 Å². The first-order valence-electron chi connectivity index (χ1n) is 19.0. The molecule has 8 aromatic carbocycles. The molecule has 1 aliphatic carbocycles. The largest absolute Gasteiger partial charge is 0.485 e. The summed E-state index contributed by atoms with van der Waals surface area (Å²) in [4.78, 5) is 2.45.